The van der Waals surface area contributed by atoms with Crippen molar-refractivity contribution in [3.05, 3.63) is 54.1 Å². The average molecular weight is 323 g/mol. The van der Waals surface area contributed by atoms with Crippen molar-refractivity contribution in [3.8, 4) is 0 Å². The molecule has 6 nitrogen and oxygen atoms in total. The molecular weight excluding hydrogens is 302 g/mol. The first-order valence-electron chi connectivity index (χ1n) is 8.12. The summed E-state index contributed by atoms with van der Waals surface area (Å²) < 4.78 is 1.86. The smallest absolute Gasteiger partial charge is 0.256 e. The van der Waals surface area contributed by atoms with Crippen LogP contribution >= 0.6 is 0 Å². The van der Waals surface area contributed by atoms with E-state index < -0.39 is 0 Å². The zero-order valence-electron chi connectivity index (χ0n) is 14.2. The quantitative estimate of drug-likeness (QED) is 0.724. The standard InChI is InChI=1S/C18H21N5O/c1-4-22-11-14(10-21-22)12-23(13(2)3)18(24)15-6-5-7-16-17(15)20-9-8-19-16/h5-11,13H,4,12H2,1-3H3. The van der Waals surface area contributed by atoms with Gasteiger partial charge in [-0.1, -0.05) is 6.07 Å². The summed E-state index contributed by atoms with van der Waals surface area (Å²) in [5, 5.41) is 4.29. The molecule has 124 valence electrons. The molecule has 0 aliphatic heterocycles. The molecule has 3 aromatic rings. The van der Waals surface area contributed by atoms with Crippen molar-refractivity contribution in [1.29, 1.82) is 0 Å². The van der Waals surface area contributed by atoms with Gasteiger partial charge in [-0.15, -0.1) is 0 Å². The first-order chi connectivity index (χ1) is 11.6. The minimum Gasteiger partial charge on any atom is -0.332 e. The number of para-hydroxylation sites is 1. The Labute approximate surface area is 141 Å². The molecule has 0 atom stereocenters. The highest BCUT2D eigenvalue weighted by molar-refractivity contribution is 6.04. The molecule has 2 heterocycles. The van der Waals surface area contributed by atoms with Crippen LogP contribution in [0.25, 0.3) is 11.0 Å². The molecule has 0 fully saturated rings. The lowest BCUT2D eigenvalue weighted by atomic mass is 10.1. The number of hydrogen-bond acceptors (Lipinski definition) is 4. The third kappa shape index (κ3) is 3.13. The van der Waals surface area contributed by atoms with Gasteiger partial charge in [0.25, 0.3) is 5.91 Å². The topological polar surface area (TPSA) is 63.9 Å². The van der Waals surface area contributed by atoms with Crippen LogP contribution in [0.15, 0.2) is 43.0 Å². The molecule has 2 aromatic heterocycles. The van der Waals surface area contributed by atoms with Crippen LogP contribution in [-0.4, -0.2) is 36.6 Å². The Morgan fingerprint density at radius 3 is 2.75 bits per heavy atom. The lowest BCUT2D eigenvalue weighted by Gasteiger charge is -2.26. The molecule has 0 saturated heterocycles. The van der Waals surface area contributed by atoms with E-state index >= 15 is 0 Å². The lowest BCUT2D eigenvalue weighted by molar-refractivity contribution is 0.0692. The number of benzene rings is 1. The van der Waals surface area contributed by atoms with E-state index in [1.54, 1.807) is 12.4 Å². The second kappa shape index (κ2) is 6.78. The van der Waals surface area contributed by atoms with Crippen LogP contribution in [0, 0.1) is 0 Å². The molecule has 24 heavy (non-hydrogen) atoms. The van der Waals surface area contributed by atoms with Crippen LogP contribution in [0.3, 0.4) is 0 Å². The van der Waals surface area contributed by atoms with Crippen molar-refractivity contribution in [3.63, 3.8) is 0 Å². The second-order valence-electron chi connectivity index (χ2n) is 5.96. The molecular formula is C18H21N5O. The van der Waals surface area contributed by atoms with Gasteiger partial charge in [0, 0.05) is 43.3 Å². The normalized spacial score (nSPS) is 11.2. The van der Waals surface area contributed by atoms with E-state index in [-0.39, 0.29) is 11.9 Å². The predicted molar refractivity (Wildman–Crippen MR) is 92.4 cm³/mol. The van der Waals surface area contributed by atoms with Crippen molar-refractivity contribution in [2.75, 3.05) is 0 Å². The average Bonchev–Trinajstić information content (AvgIpc) is 3.06. The zero-order valence-corrected chi connectivity index (χ0v) is 14.2. The van der Waals surface area contributed by atoms with E-state index in [0.29, 0.717) is 17.6 Å². The molecule has 1 amide bonds. The second-order valence-corrected chi connectivity index (χ2v) is 5.96. The van der Waals surface area contributed by atoms with E-state index in [9.17, 15) is 4.79 Å². The molecule has 0 radical (unpaired) electrons. The number of carbonyl (C=O) groups is 1. The van der Waals surface area contributed by atoms with Gasteiger partial charge >= 0.3 is 0 Å². The van der Waals surface area contributed by atoms with Gasteiger partial charge < -0.3 is 4.90 Å². The maximum atomic E-state index is 13.1. The molecule has 0 aliphatic carbocycles. The van der Waals surface area contributed by atoms with Gasteiger partial charge in [0.2, 0.25) is 0 Å². The molecule has 0 bridgehead atoms. The number of aryl methyl sites for hydroxylation is 1. The highest BCUT2D eigenvalue weighted by Crippen LogP contribution is 2.19. The SMILES string of the molecule is CCn1cc(CN(C(=O)c2cccc3nccnc23)C(C)C)cn1. The molecule has 1 aromatic carbocycles. The zero-order chi connectivity index (χ0) is 17.1. The van der Waals surface area contributed by atoms with Gasteiger partial charge in [0.15, 0.2) is 0 Å². The minimum absolute atomic E-state index is 0.0413. The fourth-order valence-corrected chi connectivity index (χ4v) is 2.67. The van der Waals surface area contributed by atoms with Crippen LogP contribution in [0.4, 0.5) is 0 Å². The molecule has 0 N–H and O–H groups in total. The summed E-state index contributed by atoms with van der Waals surface area (Å²) in [6, 6.07) is 5.58. The number of hydrogen-bond donors (Lipinski definition) is 0. The van der Waals surface area contributed by atoms with Crippen molar-refractivity contribution >= 4 is 16.9 Å². The highest BCUT2D eigenvalue weighted by atomic mass is 16.2. The van der Waals surface area contributed by atoms with Gasteiger partial charge in [-0.05, 0) is 32.9 Å². The van der Waals surface area contributed by atoms with Crippen LogP contribution in [-0.2, 0) is 13.1 Å². The Morgan fingerprint density at radius 1 is 1.25 bits per heavy atom. The third-order valence-electron chi connectivity index (χ3n) is 3.98. The van der Waals surface area contributed by atoms with E-state index in [2.05, 4.69) is 15.1 Å². The molecule has 0 spiro atoms. The Bertz CT molecular complexity index is 850. The summed E-state index contributed by atoms with van der Waals surface area (Å²) in [6.07, 6.45) is 7.04. The summed E-state index contributed by atoms with van der Waals surface area (Å²) in [6.45, 7) is 7.40. The highest BCUT2D eigenvalue weighted by Gasteiger charge is 2.22. The van der Waals surface area contributed by atoms with E-state index in [0.717, 1.165) is 17.6 Å². The minimum atomic E-state index is -0.0413. The first kappa shape index (κ1) is 16.1. The lowest BCUT2D eigenvalue weighted by Crippen LogP contribution is -2.36. The summed E-state index contributed by atoms with van der Waals surface area (Å²) in [5.74, 6) is -0.0413. The van der Waals surface area contributed by atoms with E-state index in [4.69, 9.17) is 0 Å². The van der Waals surface area contributed by atoms with Crippen molar-refractivity contribution in [2.24, 2.45) is 0 Å². The van der Waals surface area contributed by atoms with Crippen molar-refractivity contribution in [1.82, 2.24) is 24.6 Å². The number of rotatable bonds is 5. The fraction of sp³-hybridized carbons (Fsp3) is 0.333. The van der Waals surface area contributed by atoms with E-state index in [1.165, 1.54) is 0 Å². The number of aromatic nitrogens is 4. The Hall–Kier alpha value is -2.76. The van der Waals surface area contributed by atoms with Crippen molar-refractivity contribution in [2.45, 2.75) is 39.9 Å². The first-order valence-corrected chi connectivity index (χ1v) is 8.12. The molecule has 3 rings (SSSR count). The maximum Gasteiger partial charge on any atom is 0.256 e. The predicted octanol–water partition coefficient (Wildman–Crippen LogP) is 2.90. The van der Waals surface area contributed by atoms with Gasteiger partial charge in [0.1, 0.15) is 5.52 Å². The summed E-state index contributed by atoms with van der Waals surface area (Å²) in [4.78, 5) is 23.6. The number of carbonyl (C=O) groups excluding carboxylic acids is 1. The molecule has 6 heteroatoms. The van der Waals surface area contributed by atoms with Gasteiger partial charge in [-0.25, -0.2) is 0 Å². The van der Waals surface area contributed by atoms with E-state index in [1.807, 2.05) is 60.9 Å². The van der Waals surface area contributed by atoms with Crippen molar-refractivity contribution < 1.29 is 4.79 Å². The fourth-order valence-electron chi connectivity index (χ4n) is 2.67. The number of amides is 1. The molecule has 0 saturated carbocycles. The van der Waals surface area contributed by atoms with Crippen LogP contribution in [0.2, 0.25) is 0 Å². The monoisotopic (exact) mass is 323 g/mol. The van der Waals surface area contributed by atoms with Crippen LogP contribution < -0.4 is 0 Å². The molecule has 0 unspecified atom stereocenters. The Balaban J connectivity index is 1.94. The molecule has 0 aliphatic rings. The Kier molecular flexibility index (Phi) is 4.55. The summed E-state index contributed by atoms with van der Waals surface area (Å²) in [7, 11) is 0. The third-order valence-corrected chi connectivity index (χ3v) is 3.98. The number of fused-ring (bicyclic) bond motifs is 1. The summed E-state index contributed by atoms with van der Waals surface area (Å²) >= 11 is 0. The number of nitrogens with zero attached hydrogens (tertiary/aromatic N) is 5. The maximum absolute atomic E-state index is 13.1. The summed E-state index contributed by atoms with van der Waals surface area (Å²) in [5.41, 5.74) is 2.97. The largest absolute Gasteiger partial charge is 0.332 e. The van der Waals surface area contributed by atoms with Gasteiger partial charge in [-0.2, -0.15) is 5.10 Å². The van der Waals surface area contributed by atoms with Crippen LogP contribution in [0.5, 0.6) is 0 Å². The van der Waals surface area contributed by atoms with Gasteiger partial charge in [0.05, 0.1) is 17.3 Å². The van der Waals surface area contributed by atoms with Gasteiger partial charge in [-0.3, -0.25) is 19.4 Å². The Morgan fingerprint density at radius 2 is 2.04 bits per heavy atom. The van der Waals surface area contributed by atoms with Crippen LogP contribution in [0.1, 0.15) is 36.7 Å².